The molecule has 0 aliphatic carbocycles. The van der Waals surface area contributed by atoms with Crippen LogP contribution in [0.1, 0.15) is 12.2 Å². The highest BCUT2D eigenvalue weighted by atomic mass is 127. The first-order valence-electron chi connectivity index (χ1n) is 5.05. The molecule has 0 aliphatic rings. The van der Waals surface area contributed by atoms with E-state index in [2.05, 4.69) is 22.6 Å². The number of hydrogen-bond donors (Lipinski definition) is 1. The van der Waals surface area contributed by atoms with Gasteiger partial charge < -0.3 is 9.52 Å². The number of hydrogen-bond acceptors (Lipinski definition) is 3. The van der Waals surface area contributed by atoms with Gasteiger partial charge in [0.25, 0.3) is 0 Å². The van der Waals surface area contributed by atoms with E-state index in [-0.39, 0.29) is 12.2 Å². The lowest BCUT2D eigenvalue weighted by Gasteiger charge is -2.05. The van der Waals surface area contributed by atoms with E-state index in [0.717, 1.165) is 8.96 Å². The van der Waals surface area contributed by atoms with Gasteiger partial charge in [-0.05, 0) is 35.1 Å². The fourth-order valence-electron chi connectivity index (χ4n) is 1.61. The van der Waals surface area contributed by atoms with Crippen molar-refractivity contribution in [2.24, 2.45) is 0 Å². The molecule has 0 aliphatic heterocycles. The molecule has 2 aromatic rings. The Bertz CT molecular complexity index is 560. The smallest absolute Gasteiger partial charge is 0.343 e. The number of aliphatic hydroxyl groups is 1. The zero-order chi connectivity index (χ0) is 11.5. The summed E-state index contributed by atoms with van der Waals surface area (Å²) in [6, 6.07) is 7.40. The number of benzene rings is 1. The molecule has 0 bridgehead atoms. The Morgan fingerprint density at radius 2 is 1.94 bits per heavy atom. The van der Waals surface area contributed by atoms with E-state index in [0.29, 0.717) is 24.0 Å². The zero-order valence-corrected chi connectivity index (χ0v) is 10.7. The van der Waals surface area contributed by atoms with Crippen LogP contribution in [0.2, 0.25) is 0 Å². The predicted molar refractivity (Wildman–Crippen MR) is 70.6 cm³/mol. The molecule has 2 rings (SSSR count). The van der Waals surface area contributed by atoms with Crippen molar-refractivity contribution in [2.75, 3.05) is 6.61 Å². The lowest BCUT2D eigenvalue weighted by atomic mass is 10.1. The summed E-state index contributed by atoms with van der Waals surface area (Å²) >= 11 is 2.18. The van der Waals surface area contributed by atoms with Crippen LogP contribution >= 0.6 is 22.6 Å². The topological polar surface area (TPSA) is 50.4 Å². The Labute approximate surface area is 106 Å². The zero-order valence-electron chi connectivity index (χ0n) is 8.57. The van der Waals surface area contributed by atoms with Gasteiger partial charge in [0.05, 0.1) is 8.96 Å². The van der Waals surface area contributed by atoms with E-state index in [4.69, 9.17) is 9.52 Å². The van der Waals surface area contributed by atoms with Crippen LogP contribution in [0.5, 0.6) is 0 Å². The average molecular weight is 330 g/mol. The Balaban J connectivity index is 2.61. The molecule has 1 aromatic heterocycles. The molecule has 1 heterocycles. The fraction of sp³-hybridized carbons (Fsp3) is 0.250. The summed E-state index contributed by atoms with van der Waals surface area (Å²) in [4.78, 5) is 11.7. The molecular weight excluding hydrogens is 319 g/mol. The summed E-state index contributed by atoms with van der Waals surface area (Å²) in [6.45, 7) is 0.104. The minimum absolute atomic E-state index is 0.104. The second-order valence-corrected chi connectivity index (χ2v) is 4.58. The molecule has 4 heteroatoms. The second-order valence-electron chi connectivity index (χ2n) is 3.50. The first kappa shape index (κ1) is 11.6. The Kier molecular flexibility index (Phi) is 3.60. The van der Waals surface area contributed by atoms with Gasteiger partial charge in [0, 0.05) is 18.4 Å². The highest BCUT2D eigenvalue weighted by Gasteiger charge is 2.10. The molecule has 3 nitrogen and oxygen atoms in total. The summed E-state index contributed by atoms with van der Waals surface area (Å²) in [6.07, 6.45) is 1.20. The van der Waals surface area contributed by atoms with Crippen molar-refractivity contribution in [1.29, 1.82) is 0 Å². The van der Waals surface area contributed by atoms with Crippen molar-refractivity contribution in [3.63, 3.8) is 0 Å². The molecule has 0 fully saturated rings. The van der Waals surface area contributed by atoms with E-state index in [1.807, 2.05) is 18.2 Å². The average Bonchev–Trinajstić information content (AvgIpc) is 2.32. The standard InChI is InChI=1S/C12H11IO3/c13-11-8-4-1-2-5-9(8)12(15)16-10(11)6-3-7-14/h1-2,4-5,14H,3,6-7H2. The summed E-state index contributed by atoms with van der Waals surface area (Å²) in [5.74, 6) is 0.665. The van der Waals surface area contributed by atoms with E-state index in [1.165, 1.54) is 0 Å². The van der Waals surface area contributed by atoms with Gasteiger partial charge in [-0.25, -0.2) is 4.79 Å². The van der Waals surface area contributed by atoms with Crippen LogP contribution in [0, 0.1) is 3.57 Å². The van der Waals surface area contributed by atoms with E-state index in [9.17, 15) is 4.79 Å². The van der Waals surface area contributed by atoms with Crippen molar-refractivity contribution in [2.45, 2.75) is 12.8 Å². The molecule has 0 saturated heterocycles. The summed E-state index contributed by atoms with van der Waals surface area (Å²) in [7, 11) is 0. The maximum Gasteiger partial charge on any atom is 0.343 e. The van der Waals surface area contributed by atoms with Crippen molar-refractivity contribution < 1.29 is 9.52 Å². The van der Waals surface area contributed by atoms with Crippen LogP contribution in [-0.4, -0.2) is 11.7 Å². The van der Waals surface area contributed by atoms with Crippen LogP contribution in [0.3, 0.4) is 0 Å². The first-order valence-corrected chi connectivity index (χ1v) is 6.13. The first-order chi connectivity index (χ1) is 7.74. The summed E-state index contributed by atoms with van der Waals surface area (Å²) in [5.41, 5.74) is -0.302. The summed E-state index contributed by atoms with van der Waals surface area (Å²) < 4.78 is 6.21. The molecule has 0 unspecified atom stereocenters. The number of aliphatic hydroxyl groups excluding tert-OH is 1. The highest BCUT2D eigenvalue weighted by Crippen LogP contribution is 2.22. The lowest BCUT2D eigenvalue weighted by Crippen LogP contribution is -2.05. The van der Waals surface area contributed by atoms with Gasteiger partial charge >= 0.3 is 5.63 Å². The molecule has 16 heavy (non-hydrogen) atoms. The largest absolute Gasteiger partial charge is 0.426 e. The van der Waals surface area contributed by atoms with Gasteiger partial charge in [-0.2, -0.15) is 0 Å². The van der Waals surface area contributed by atoms with Crippen LogP contribution in [0.4, 0.5) is 0 Å². The molecule has 84 valence electrons. The van der Waals surface area contributed by atoms with Gasteiger partial charge in [0.15, 0.2) is 0 Å². The number of rotatable bonds is 3. The quantitative estimate of drug-likeness (QED) is 0.879. The molecule has 0 amide bonds. The SMILES string of the molecule is O=c1oc(CCCO)c(I)c2ccccc12. The molecular formula is C12H11IO3. The third kappa shape index (κ3) is 2.12. The summed E-state index contributed by atoms with van der Waals surface area (Å²) in [5, 5.41) is 10.3. The second kappa shape index (κ2) is 4.97. The van der Waals surface area contributed by atoms with Crippen LogP contribution < -0.4 is 5.63 Å². The molecule has 0 spiro atoms. The van der Waals surface area contributed by atoms with Gasteiger partial charge in [-0.15, -0.1) is 0 Å². The predicted octanol–water partition coefficient (Wildman–Crippen LogP) is 2.32. The molecule has 0 saturated carbocycles. The van der Waals surface area contributed by atoms with E-state index >= 15 is 0 Å². The van der Waals surface area contributed by atoms with E-state index < -0.39 is 0 Å². The number of fused-ring (bicyclic) bond motifs is 1. The van der Waals surface area contributed by atoms with Crippen molar-refractivity contribution >= 4 is 33.4 Å². The van der Waals surface area contributed by atoms with Crippen LogP contribution in [0.15, 0.2) is 33.5 Å². The van der Waals surface area contributed by atoms with Crippen LogP contribution in [0.25, 0.3) is 10.8 Å². The van der Waals surface area contributed by atoms with Crippen LogP contribution in [-0.2, 0) is 6.42 Å². The minimum atomic E-state index is -0.302. The Morgan fingerprint density at radius 3 is 2.62 bits per heavy atom. The molecule has 1 aromatic carbocycles. The highest BCUT2D eigenvalue weighted by molar-refractivity contribution is 14.1. The van der Waals surface area contributed by atoms with Gasteiger partial charge in [0.2, 0.25) is 0 Å². The Hall–Kier alpha value is -0.880. The number of aryl methyl sites for hydroxylation is 1. The van der Waals surface area contributed by atoms with Crippen molar-refractivity contribution in [3.8, 4) is 0 Å². The third-order valence-corrected chi connectivity index (χ3v) is 3.59. The maximum absolute atomic E-state index is 11.7. The minimum Gasteiger partial charge on any atom is -0.426 e. The van der Waals surface area contributed by atoms with E-state index in [1.54, 1.807) is 6.07 Å². The lowest BCUT2D eigenvalue weighted by molar-refractivity contribution is 0.283. The van der Waals surface area contributed by atoms with Gasteiger partial charge in [-0.3, -0.25) is 0 Å². The van der Waals surface area contributed by atoms with Gasteiger partial charge in [0.1, 0.15) is 5.76 Å². The maximum atomic E-state index is 11.7. The molecule has 1 N–H and O–H groups in total. The Morgan fingerprint density at radius 1 is 1.25 bits per heavy atom. The molecule has 0 radical (unpaired) electrons. The fourth-order valence-corrected chi connectivity index (χ4v) is 2.46. The molecule has 0 atom stereocenters. The normalized spacial score (nSPS) is 10.9. The van der Waals surface area contributed by atoms with Gasteiger partial charge in [-0.1, -0.05) is 18.2 Å². The van der Waals surface area contributed by atoms with Crippen molar-refractivity contribution in [3.05, 3.63) is 44.0 Å². The number of halogens is 1. The monoisotopic (exact) mass is 330 g/mol. The third-order valence-electron chi connectivity index (χ3n) is 2.41. The van der Waals surface area contributed by atoms with Crippen molar-refractivity contribution in [1.82, 2.24) is 0 Å².